The number of alkyl halides is 3. The number of piperidine rings is 1. The first kappa shape index (κ1) is 40.7. The van der Waals surface area contributed by atoms with Crippen molar-refractivity contribution >= 4 is 27.7 Å². The van der Waals surface area contributed by atoms with E-state index in [0.717, 1.165) is 17.0 Å². The number of urea groups is 1. The van der Waals surface area contributed by atoms with Crippen molar-refractivity contribution in [2.24, 2.45) is 5.92 Å². The predicted molar refractivity (Wildman–Crippen MR) is 198 cm³/mol. The van der Waals surface area contributed by atoms with Crippen molar-refractivity contribution in [2.75, 3.05) is 58.2 Å². The van der Waals surface area contributed by atoms with Crippen LogP contribution in [0, 0.1) is 5.92 Å². The molecule has 3 aliphatic heterocycles. The van der Waals surface area contributed by atoms with Gasteiger partial charge >= 0.3 is 12.2 Å². The van der Waals surface area contributed by atoms with Gasteiger partial charge in [0.05, 0.1) is 30.7 Å². The van der Waals surface area contributed by atoms with Crippen LogP contribution in [0.4, 0.5) is 18.0 Å². The van der Waals surface area contributed by atoms with E-state index in [1.165, 1.54) is 53.8 Å². The van der Waals surface area contributed by atoms with Gasteiger partial charge in [0.15, 0.2) is 9.84 Å². The second kappa shape index (κ2) is 16.4. The molecule has 3 saturated heterocycles. The number of hydrogen-bond acceptors (Lipinski definition) is 13. The molecular weight excluding hydrogens is 786 g/mol. The Hall–Kier alpha value is -5.47. The molecule has 2 aromatic carbocycles. The van der Waals surface area contributed by atoms with Crippen LogP contribution in [0.3, 0.4) is 0 Å². The van der Waals surface area contributed by atoms with Crippen LogP contribution in [-0.2, 0) is 32.1 Å². The number of sulfone groups is 1. The summed E-state index contributed by atoms with van der Waals surface area (Å²) in [6.45, 7) is 6.41. The number of halogens is 3. The largest absolute Gasteiger partial charge is 0.455 e. The van der Waals surface area contributed by atoms with E-state index in [1.54, 1.807) is 18.7 Å². The van der Waals surface area contributed by atoms with Crippen molar-refractivity contribution in [1.82, 2.24) is 39.7 Å². The third kappa shape index (κ3) is 8.39. The van der Waals surface area contributed by atoms with E-state index in [-0.39, 0.29) is 83.7 Å². The van der Waals surface area contributed by atoms with Gasteiger partial charge in [-0.05, 0) is 49.1 Å². The zero-order valence-corrected chi connectivity index (χ0v) is 32.5. The van der Waals surface area contributed by atoms with Crippen LogP contribution in [0.1, 0.15) is 48.6 Å². The maximum Gasteiger partial charge on any atom is 0.420 e. The molecule has 0 N–H and O–H groups in total. The number of hydrogen-bond donors (Lipinski definition) is 0. The highest BCUT2D eigenvalue weighted by Crippen LogP contribution is 2.42. The molecule has 58 heavy (non-hydrogen) atoms. The maximum atomic E-state index is 14.5. The molecule has 5 heterocycles. The summed E-state index contributed by atoms with van der Waals surface area (Å²) in [6.07, 6.45) is -0.400. The van der Waals surface area contributed by atoms with Crippen LogP contribution in [0.15, 0.2) is 70.5 Å². The van der Waals surface area contributed by atoms with Crippen molar-refractivity contribution < 1.29 is 50.0 Å². The predicted octanol–water partition coefficient (Wildman–Crippen LogP) is 4.54. The molecule has 0 radical (unpaired) electrons. The summed E-state index contributed by atoms with van der Waals surface area (Å²) < 4.78 is 85.9. The molecule has 0 saturated carbocycles. The van der Waals surface area contributed by atoms with E-state index < -0.39 is 51.3 Å². The lowest BCUT2D eigenvalue weighted by Crippen LogP contribution is -2.58. The Balaban J connectivity index is 1.11. The van der Waals surface area contributed by atoms with E-state index in [1.807, 2.05) is 0 Å². The minimum Gasteiger partial charge on any atom is -0.455 e. The van der Waals surface area contributed by atoms with Gasteiger partial charge in [0.25, 0.3) is 11.8 Å². The number of aromatic nitrogens is 4. The summed E-state index contributed by atoms with van der Waals surface area (Å²) in [5.41, 5.74) is -2.44. The highest BCUT2D eigenvalue weighted by Gasteiger charge is 2.58. The van der Waals surface area contributed by atoms with Crippen LogP contribution in [0.25, 0.3) is 11.4 Å². The zero-order valence-electron chi connectivity index (χ0n) is 31.7. The molecule has 20 heteroatoms. The molecule has 4 amide bonds. The summed E-state index contributed by atoms with van der Waals surface area (Å²) in [5, 5.41) is 3.86. The van der Waals surface area contributed by atoms with Crippen LogP contribution in [-0.4, -0.2) is 130 Å². The first-order chi connectivity index (χ1) is 27.7. The number of carbonyl (C=O) groups excluding carboxylic acids is 3. The van der Waals surface area contributed by atoms with Crippen LogP contribution < -0.4 is 4.74 Å². The number of morpholine rings is 1. The van der Waals surface area contributed by atoms with Gasteiger partial charge in [-0.25, -0.2) is 18.2 Å². The molecular formula is C38H41F3N8O8S. The molecule has 0 atom stereocenters. The average Bonchev–Trinajstić information content (AvgIpc) is 3.74. The molecule has 308 valence electrons. The number of rotatable bonds is 12. The number of amides is 4. The highest BCUT2D eigenvalue weighted by molar-refractivity contribution is 7.91. The topological polar surface area (TPSA) is 181 Å². The molecule has 2 aromatic heterocycles. The van der Waals surface area contributed by atoms with E-state index in [9.17, 15) is 36.0 Å². The standard InChI is InChI=1S/C38H41F3N8O8S/c1-25(2)24-58(53,54)31-6-4-3-5-30(31)56-29-8-7-26(21-27(29)38(39,40)41)33-44-32(57-45-33)23-48-35(51)37(49(36(48)52)16-15-46-17-19-55-20-18-46)9-13-47(14-10-37)34(50)28-22-42-11-12-43-28/h3-8,11-12,21-22,25H,9-10,13-20,23-24H2,1-2H3. The van der Waals surface area contributed by atoms with Gasteiger partial charge in [-0.1, -0.05) is 31.1 Å². The Morgan fingerprint density at radius 3 is 2.41 bits per heavy atom. The van der Waals surface area contributed by atoms with Crippen molar-refractivity contribution in [3.63, 3.8) is 0 Å². The maximum absolute atomic E-state index is 14.5. The molecule has 0 bridgehead atoms. The zero-order chi connectivity index (χ0) is 41.2. The van der Waals surface area contributed by atoms with Crippen LogP contribution in [0.2, 0.25) is 0 Å². The van der Waals surface area contributed by atoms with Crippen molar-refractivity contribution in [3.8, 4) is 22.9 Å². The Morgan fingerprint density at radius 2 is 1.72 bits per heavy atom. The fourth-order valence-electron chi connectivity index (χ4n) is 7.42. The van der Waals surface area contributed by atoms with Crippen molar-refractivity contribution in [3.05, 3.63) is 78.2 Å². The second-order valence-electron chi connectivity index (χ2n) is 14.6. The minimum atomic E-state index is -4.94. The molecule has 0 aliphatic carbocycles. The van der Waals surface area contributed by atoms with Gasteiger partial charge in [0.1, 0.15) is 34.2 Å². The normalized spacial score (nSPS) is 17.8. The van der Waals surface area contributed by atoms with E-state index in [4.69, 9.17) is 14.0 Å². The summed E-state index contributed by atoms with van der Waals surface area (Å²) in [7, 11) is -3.88. The van der Waals surface area contributed by atoms with E-state index >= 15 is 0 Å². The number of benzene rings is 2. The van der Waals surface area contributed by atoms with Gasteiger partial charge in [-0.15, -0.1) is 0 Å². The molecule has 7 rings (SSSR count). The summed E-state index contributed by atoms with van der Waals surface area (Å²) in [6, 6.07) is 7.93. The van der Waals surface area contributed by atoms with E-state index in [2.05, 4.69) is 25.0 Å². The Labute approximate surface area is 331 Å². The molecule has 16 nitrogen and oxygen atoms in total. The van der Waals surface area contributed by atoms with Crippen LogP contribution >= 0.6 is 0 Å². The van der Waals surface area contributed by atoms with Gasteiger partial charge in [-0.3, -0.25) is 24.4 Å². The Kier molecular flexibility index (Phi) is 11.5. The van der Waals surface area contributed by atoms with Gasteiger partial charge in [0.2, 0.25) is 11.7 Å². The summed E-state index contributed by atoms with van der Waals surface area (Å²) >= 11 is 0. The quantitative estimate of drug-likeness (QED) is 0.182. The molecule has 3 fully saturated rings. The van der Waals surface area contributed by atoms with Gasteiger partial charge in [0, 0.05) is 57.2 Å². The van der Waals surface area contributed by atoms with Gasteiger partial charge in [-0.2, -0.15) is 18.2 Å². The fourth-order valence-corrected chi connectivity index (χ4v) is 9.18. The average molecular weight is 827 g/mol. The number of imide groups is 1. The second-order valence-corrected chi connectivity index (χ2v) is 16.6. The smallest absolute Gasteiger partial charge is 0.420 e. The van der Waals surface area contributed by atoms with Crippen molar-refractivity contribution in [1.29, 1.82) is 0 Å². The lowest BCUT2D eigenvalue weighted by molar-refractivity contribution is -0.138. The minimum absolute atomic E-state index is 0.113. The Bertz CT molecular complexity index is 2260. The number of likely N-dealkylation sites (tertiary alicyclic amines) is 1. The van der Waals surface area contributed by atoms with Crippen molar-refractivity contribution in [2.45, 2.75) is 49.8 Å². The Morgan fingerprint density at radius 1 is 0.983 bits per heavy atom. The van der Waals surface area contributed by atoms with Gasteiger partial charge < -0.3 is 23.8 Å². The molecule has 1 spiro atoms. The van der Waals surface area contributed by atoms with Crippen LogP contribution in [0.5, 0.6) is 11.5 Å². The molecule has 0 unspecified atom stereocenters. The third-order valence-electron chi connectivity index (χ3n) is 10.3. The monoisotopic (exact) mass is 826 g/mol. The first-order valence-electron chi connectivity index (χ1n) is 18.7. The number of ether oxygens (including phenoxy) is 2. The first-order valence-corrected chi connectivity index (χ1v) is 20.3. The number of nitrogens with zero attached hydrogens (tertiary/aromatic N) is 8. The number of carbonyl (C=O) groups is 3. The summed E-state index contributed by atoms with van der Waals surface area (Å²) in [5.74, 6) is -2.68. The molecule has 3 aliphatic rings. The third-order valence-corrected chi connectivity index (χ3v) is 12.4. The SMILES string of the molecule is CC(C)CS(=O)(=O)c1ccccc1Oc1ccc(-c2noc(CN3C(=O)N(CCN4CCOCC4)C4(CCN(C(=O)c5cnccn5)CC4)C3=O)n2)cc1C(F)(F)F. The highest BCUT2D eigenvalue weighted by atomic mass is 32.2. The number of para-hydroxylation sites is 1. The fraction of sp³-hybridized carbons (Fsp3) is 0.447. The molecule has 4 aromatic rings. The van der Waals surface area contributed by atoms with E-state index in [0.29, 0.717) is 32.8 Å². The lowest BCUT2D eigenvalue weighted by Gasteiger charge is -2.42. The summed E-state index contributed by atoms with van der Waals surface area (Å²) in [4.78, 5) is 59.8. The lowest BCUT2D eigenvalue weighted by atomic mass is 9.85.